The van der Waals surface area contributed by atoms with Gasteiger partial charge in [0.15, 0.2) is 0 Å². The lowest BCUT2D eigenvalue weighted by Crippen LogP contribution is -2.43. The van der Waals surface area contributed by atoms with E-state index in [4.69, 9.17) is 0 Å². The Morgan fingerprint density at radius 2 is 1.54 bits per heavy atom. The van der Waals surface area contributed by atoms with E-state index in [9.17, 15) is 4.79 Å². The van der Waals surface area contributed by atoms with Crippen LogP contribution in [0.15, 0.2) is 36.5 Å². The van der Waals surface area contributed by atoms with E-state index in [1.807, 2.05) is 30.3 Å². The summed E-state index contributed by atoms with van der Waals surface area (Å²) in [5.74, 6) is 2.90. The summed E-state index contributed by atoms with van der Waals surface area (Å²) in [5, 5.41) is 0.977. The molecule has 2 nitrogen and oxygen atoms in total. The molecule has 3 heteroatoms. The van der Waals surface area contributed by atoms with E-state index in [0.29, 0.717) is 22.2 Å². The summed E-state index contributed by atoms with van der Waals surface area (Å²) in [4.78, 5) is 17.2. The van der Waals surface area contributed by atoms with Gasteiger partial charge in [-0.05, 0) is 34.7 Å². The summed E-state index contributed by atoms with van der Waals surface area (Å²) in [6, 6.07) is 9.56. The van der Waals surface area contributed by atoms with Gasteiger partial charge in [-0.3, -0.25) is 9.78 Å². The highest BCUT2D eigenvalue weighted by Crippen LogP contribution is 2.40. The first-order chi connectivity index (χ1) is 11.3. The average Bonchev–Trinajstić information content (AvgIpc) is 2.53. The number of aromatic nitrogens is 1. The van der Waals surface area contributed by atoms with Crippen molar-refractivity contribution in [2.24, 2.45) is 0 Å². The number of ketones is 1. The van der Waals surface area contributed by atoms with Crippen molar-refractivity contribution in [3.05, 3.63) is 42.1 Å². The fourth-order valence-electron chi connectivity index (χ4n) is 3.95. The Labute approximate surface area is 146 Å². The van der Waals surface area contributed by atoms with Crippen LogP contribution in [0, 0.1) is 11.5 Å². The van der Waals surface area contributed by atoms with Crippen LogP contribution in [0.1, 0.15) is 51.9 Å². The van der Waals surface area contributed by atoms with Crippen molar-refractivity contribution in [3.8, 4) is 11.5 Å². The van der Waals surface area contributed by atoms with Crippen LogP contribution in [-0.2, 0) is 0 Å². The number of pyridine rings is 1. The standard InChI is InChI=1S/C21H27NOSi/c1-15(2)24(16(3)4,17(5)6)14-12-20(23)19-11-7-9-18-10-8-13-22-21(18)19/h7-11,13,15-17H,1-6H3. The van der Waals surface area contributed by atoms with E-state index in [2.05, 4.69) is 58.0 Å². The molecule has 0 radical (unpaired) electrons. The third kappa shape index (κ3) is 3.30. The van der Waals surface area contributed by atoms with Crippen molar-refractivity contribution >= 4 is 24.8 Å². The Bertz CT molecular complexity index is 769. The van der Waals surface area contributed by atoms with E-state index in [1.54, 1.807) is 6.20 Å². The van der Waals surface area contributed by atoms with Gasteiger partial charge in [0.2, 0.25) is 5.78 Å². The largest absolute Gasteiger partial charge is 0.279 e. The molecule has 2 rings (SSSR count). The second kappa shape index (κ2) is 7.32. The van der Waals surface area contributed by atoms with Gasteiger partial charge in [-0.1, -0.05) is 59.7 Å². The molecule has 0 fully saturated rings. The number of fused-ring (bicyclic) bond motifs is 1. The topological polar surface area (TPSA) is 30.0 Å². The highest BCUT2D eigenvalue weighted by molar-refractivity contribution is 6.90. The van der Waals surface area contributed by atoms with Gasteiger partial charge in [0.05, 0.1) is 11.1 Å². The zero-order valence-electron chi connectivity index (χ0n) is 15.6. The predicted octanol–water partition coefficient (Wildman–Crippen LogP) is 5.64. The third-order valence-corrected chi connectivity index (χ3v) is 11.4. The summed E-state index contributed by atoms with van der Waals surface area (Å²) >= 11 is 0. The van der Waals surface area contributed by atoms with Gasteiger partial charge in [0.25, 0.3) is 0 Å². The first-order valence-corrected chi connectivity index (χ1v) is 10.9. The van der Waals surface area contributed by atoms with Crippen LogP contribution in [0.4, 0.5) is 0 Å². The molecular formula is C21H27NOSi. The van der Waals surface area contributed by atoms with Crippen molar-refractivity contribution in [1.29, 1.82) is 0 Å². The number of hydrogen-bond donors (Lipinski definition) is 0. The van der Waals surface area contributed by atoms with Gasteiger partial charge in [0.1, 0.15) is 8.07 Å². The van der Waals surface area contributed by atoms with Crippen molar-refractivity contribution in [2.45, 2.75) is 58.2 Å². The molecular weight excluding hydrogens is 310 g/mol. The third-order valence-electron chi connectivity index (χ3n) is 5.14. The Kier molecular flexibility index (Phi) is 5.61. The molecule has 0 atom stereocenters. The van der Waals surface area contributed by atoms with Gasteiger partial charge in [-0.15, -0.1) is 5.54 Å². The number of nitrogens with zero attached hydrogens (tertiary/aromatic N) is 1. The van der Waals surface area contributed by atoms with Crippen molar-refractivity contribution in [2.75, 3.05) is 0 Å². The molecule has 0 bridgehead atoms. The number of hydrogen-bond acceptors (Lipinski definition) is 2. The molecule has 0 saturated carbocycles. The van der Waals surface area contributed by atoms with Gasteiger partial charge >= 0.3 is 0 Å². The first kappa shape index (κ1) is 18.4. The highest BCUT2D eigenvalue weighted by atomic mass is 28.3. The SMILES string of the molecule is CC(C)[Si](C#CC(=O)c1cccc2cccnc12)(C(C)C)C(C)C. The van der Waals surface area contributed by atoms with Crippen LogP contribution in [-0.4, -0.2) is 18.8 Å². The summed E-state index contributed by atoms with van der Waals surface area (Å²) in [7, 11) is -1.89. The maximum atomic E-state index is 12.8. The molecule has 1 aromatic heterocycles. The average molecular weight is 338 g/mol. The van der Waals surface area contributed by atoms with Gasteiger partial charge in [0, 0.05) is 11.6 Å². The minimum Gasteiger partial charge on any atom is -0.279 e. The van der Waals surface area contributed by atoms with Gasteiger partial charge in [-0.25, -0.2) is 0 Å². The van der Waals surface area contributed by atoms with Gasteiger partial charge < -0.3 is 0 Å². The molecule has 0 N–H and O–H groups in total. The minimum atomic E-state index is -1.89. The Balaban J connectivity index is 2.50. The molecule has 0 aliphatic carbocycles. The smallest absolute Gasteiger partial charge is 0.237 e. The normalized spacial score (nSPS) is 11.9. The van der Waals surface area contributed by atoms with Crippen LogP contribution < -0.4 is 0 Å². The quantitative estimate of drug-likeness (QED) is 0.410. The Morgan fingerprint density at radius 3 is 2.12 bits per heavy atom. The summed E-state index contributed by atoms with van der Waals surface area (Å²) in [6.07, 6.45) is 1.72. The van der Waals surface area contributed by atoms with Crippen LogP contribution >= 0.6 is 0 Å². The van der Waals surface area contributed by atoms with Crippen molar-refractivity contribution in [3.63, 3.8) is 0 Å². The minimum absolute atomic E-state index is 0.113. The lowest BCUT2D eigenvalue weighted by atomic mass is 10.1. The Morgan fingerprint density at radius 1 is 0.958 bits per heavy atom. The highest BCUT2D eigenvalue weighted by Gasteiger charge is 2.41. The summed E-state index contributed by atoms with van der Waals surface area (Å²) in [5.41, 5.74) is 6.41. The number of carbonyl (C=O) groups excluding carboxylic acids is 1. The van der Waals surface area contributed by atoms with Gasteiger partial charge in [-0.2, -0.15) is 0 Å². The lowest BCUT2D eigenvalue weighted by molar-refractivity contribution is 0.105. The van der Waals surface area contributed by atoms with Crippen LogP contribution in [0.25, 0.3) is 10.9 Å². The number of rotatable bonds is 4. The molecule has 0 unspecified atom stereocenters. The molecule has 0 aliphatic heterocycles. The number of Topliss-reactive ketones (excluding diaryl/α,β-unsaturated/α-hetero) is 1. The molecule has 0 saturated heterocycles. The van der Waals surface area contributed by atoms with E-state index in [0.717, 1.165) is 10.9 Å². The molecule has 24 heavy (non-hydrogen) atoms. The van der Waals surface area contributed by atoms with Crippen LogP contribution in [0.2, 0.25) is 16.6 Å². The molecule has 2 aromatic rings. The first-order valence-electron chi connectivity index (χ1n) is 8.72. The molecule has 0 spiro atoms. The molecule has 0 aliphatic rings. The zero-order valence-corrected chi connectivity index (χ0v) is 16.6. The predicted molar refractivity (Wildman–Crippen MR) is 105 cm³/mol. The fraction of sp³-hybridized carbons (Fsp3) is 0.429. The molecule has 1 aromatic carbocycles. The van der Waals surface area contributed by atoms with E-state index >= 15 is 0 Å². The summed E-state index contributed by atoms with van der Waals surface area (Å²) in [6.45, 7) is 13.5. The van der Waals surface area contributed by atoms with Crippen LogP contribution in [0.3, 0.4) is 0 Å². The summed E-state index contributed by atoms with van der Waals surface area (Å²) < 4.78 is 0. The van der Waals surface area contributed by atoms with Crippen molar-refractivity contribution in [1.82, 2.24) is 4.98 Å². The van der Waals surface area contributed by atoms with E-state index in [-0.39, 0.29) is 5.78 Å². The Hall–Kier alpha value is -1.92. The number of carbonyl (C=O) groups is 1. The monoisotopic (exact) mass is 337 g/mol. The van der Waals surface area contributed by atoms with E-state index in [1.165, 1.54) is 0 Å². The second-order valence-electron chi connectivity index (χ2n) is 7.36. The van der Waals surface area contributed by atoms with Crippen molar-refractivity contribution < 1.29 is 4.79 Å². The molecule has 0 amide bonds. The molecule has 1 heterocycles. The zero-order chi connectivity index (χ0) is 17.9. The number of benzene rings is 1. The lowest BCUT2D eigenvalue weighted by Gasteiger charge is -2.37. The van der Waals surface area contributed by atoms with Crippen LogP contribution in [0.5, 0.6) is 0 Å². The second-order valence-corrected chi connectivity index (χ2v) is 12.9. The maximum absolute atomic E-state index is 12.8. The maximum Gasteiger partial charge on any atom is 0.237 e. The fourth-order valence-corrected chi connectivity index (χ4v) is 9.15. The molecule has 126 valence electrons. The van der Waals surface area contributed by atoms with E-state index < -0.39 is 8.07 Å². The number of para-hydroxylation sites is 1.